The second-order valence-electron chi connectivity index (χ2n) is 5.96. The zero-order valence-electron chi connectivity index (χ0n) is 13.4. The van der Waals surface area contributed by atoms with Crippen LogP contribution in [0.15, 0.2) is 47.8 Å². The standard InChI is InChI=1S/C20H16ClNOS/c1-11-10-24-12(2)18(11)20-19(13-3-6-15(23)7-4-13)16-9-14(21)5-8-17(16)22-20/h3-10,22-23H,1-2H3. The average Bonchev–Trinajstić information content (AvgIpc) is 3.08. The molecule has 2 heterocycles. The molecule has 0 amide bonds. The van der Waals surface area contributed by atoms with Gasteiger partial charge in [-0.15, -0.1) is 11.3 Å². The third-order valence-electron chi connectivity index (χ3n) is 4.33. The Hall–Kier alpha value is -2.23. The van der Waals surface area contributed by atoms with Crippen LogP contribution in [-0.4, -0.2) is 10.1 Å². The Morgan fingerprint density at radius 1 is 1.00 bits per heavy atom. The summed E-state index contributed by atoms with van der Waals surface area (Å²) in [6, 6.07) is 13.2. The number of fused-ring (bicyclic) bond motifs is 1. The SMILES string of the molecule is Cc1csc(C)c1-c1[nH]c2ccc(Cl)cc2c1-c1ccc(O)cc1. The average molecular weight is 354 g/mol. The van der Waals surface area contributed by atoms with Gasteiger partial charge in [0.05, 0.1) is 5.69 Å². The number of nitrogens with one attached hydrogen (secondary N) is 1. The van der Waals surface area contributed by atoms with E-state index in [0.717, 1.165) is 27.7 Å². The van der Waals surface area contributed by atoms with Gasteiger partial charge in [-0.25, -0.2) is 0 Å². The lowest BCUT2D eigenvalue weighted by molar-refractivity contribution is 0.475. The van der Waals surface area contributed by atoms with Crippen molar-refractivity contribution in [3.05, 3.63) is 63.3 Å². The number of benzene rings is 2. The first-order valence-electron chi connectivity index (χ1n) is 7.70. The molecule has 0 fully saturated rings. The molecule has 2 aromatic heterocycles. The number of aromatic amines is 1. The first kappa shape index (κ1) is 15.3. The number of hydrogen-bond donors (Lipinski definition) is 2. The van der Waals surface area contributed by atoms with Crippen LogP contribution in [-0.2, 0) is 0 Å². The molecule has 120 valence electrons. The summed E-state index contributed by atoms with van der Waals surface area (Å²) in [5, 5.41) is 13.6. The third-order valence-corrected chi connectivity index (χ3v) is 5.59. The van der Waals surface area contributed by atoms with Gasteiger partial charge in [0, 0.05) is 31.9 Å². The maximum absolute atomic E-state index is 9.63. The largest absolute Gasteiger partial charge is 0.508 e. The van der Waals surface area contributed by atoms with Crippen molar-refractivity contribution >= 4 is 33.8 Å². The number of halogens is 1. The molecule has 0 bridgehead atoms. The van der Waals surface area contributed by atoms with Gasteiger partial charge in [0.15, 0.2) is 0 Å². The van der Waals surface area contributed by atoms with E-state index in [1.807, 2.05) is 30.3 Å². The van der Waals surface area contributed by atoms with E-state index in [9.17, 15) is 5.11 Å². The molecule has 0 spiro atoms. The highest BCUT2D eigenvalue weighted by atomic mass is 35.5. The van der Waals surface area contributed by atoms with Crippen molar-refractivity contribution in [3.63, 3.8) is 0 Å². The van der Waals surface area contributed by atoms with Gasteiger partial charge in [0.1, 0.15) is 5.75 Å². The van der Waals surface area contributed by atoms with Crippen molar-refractivity contribution in [2.45, 2.75) is 13.8 Å². The maximum Gasteiger partial charge on any atom is 0.115 e. The van der Waals surface area contributed by atoms with Gasteiger partial charge in [0.25, 0.3) is 0 Å². The van der Waals surface area contributed by atoms with Crippen LogP contribution in [0.5, 0.6) is 5.75 Å². The lowest BCUT2D eigenvalue weighted by Gasteiger charge is -2.07. The number of aromatic nitrogens is 1. The van der Waals surface area contributed by atoms with Crippen LogP contribution < -0.4 is 0 Å². The van der Waals surface area contributed by atoms with Crippen LogP contribution in [0.2, 0.25) is 5.02 Å². The van der Waals surface area contributed by atoms with E-state index < -0.39 is 0 Å². The Bertz CT molecular complexity index is 1020. The van der Waals surface area contributed by atoms with E-state index in [0.29, 0.717) is 5.02 Å². The summed E-state index contributed by atoms with van der Waals surface area (Å²) in [5.74, 6) is 0.265. The third kappa shape index (κ3) is 2.41. The zero-order valence-corrected chi connectivity index (χ0v) is 14.9. The van der Waals surface area contributed by atoms with E-state index in [1.165, 1.54) is 16.0 Å². The van der Waals surface area contributed by atoms with Gasteiger partial charge in [-0.3, -0.25) is 0 Å². The van der Waals surface area contributed by atoms with Crippen molar-refractivity contribution in [2.75, 3.05) is 0 Å². The number of rotatable bonds is 2. The lowest BCUT2D eigenvalue weighted by Crippen LogP contribution is -1.85. The molecule has 0 atom stereocenters. The van der Waals surface area contributed by atoms with Crippen LogP contribution in [0.4, 0.5) is 0 Å². The first-order chi connectivity index (χ1) is 11.5. The fraction of sp³-hybridized carbons (Fsp3) is 0.100. The monoisotopic (exact) mass is 353 g/mol. The summed E-state index contributed by atoms with van der Waals surface area (Å²) in [6.07, 6.45) is 0. The molecule has 0 saturated carbocycles. The van der Waals surface area contributed by atoms with Crippen LogP contribution >= 0.6 is 22.9 Å². The van der Waals surface area contributed by atoms with Gasteiger partial charge in [-0.2, -0.15) is 0 Å². The molecule has 2 aromatic carbocycles. The van der Waals surface area contributed by atoms with Gasteiger partial charge < -0.3 is 10.1 Å². The van der Waals surface area contributed by atoms with Crippen molar-refractivity contribution in [3.8, 4) is 28.1 Å². The number of phenolic OH excluding ortho intramolecular Hbond substituents is 1. The number of aryl methyl sites for hydroxylation is 2. The number of phenols is 1. The van der Waals surface area contributed by atoms with E-state index in [2.05, 4.69) is 24.2 Å². The summed E-state index contributed by atoms with van der Waals surface area (Å²) < 4.78 is 0. The molecule has 0 unspecified atom stereocenters. The van der Waals surface area contributed by atoms with Crippen molar-refractivity contribution in [1.29, 1.82) is 0 Å². The Morgan fingerprint density at radius 3 is 2.42 bits per heavy atom. The highest BCUT2D eigenvalue weighted by molar-refractivity contribution is 7.10. The quantitative estimate of drug-likeness (QED) is 0.421. The van der Waals surface area contributed by atoms with Gasteiger partial charge in [-0.05, 0) is 60.7 Å². The van der Waals surface area contributed by atoms with Crippen LogP contribution in [0.3, 0.4) is 0 Å². The molecular weight excluding hydrogens is 338 g/mol. The maximum atomic E-state index is 9.63. The molecule has 4 aromatic rings. The summed E-state index contributed by atoms with van der Waals surface area (Å²) in [5.41, 5.74) is 6.85. The molecule has 2 nitrogen and oxygen atoms in total. The molecule has 0 aliphatic heterocycles. The summed E-state index contributed by atoms with van der Waals surface area (Å²) in [4.78, 5) is 4.86. The van der Waals surface area contributed by atoms with E-state index in [4.69, 9.17) is 11.6 Å². The summed E-state index contributed by atoms with van der Waals surface area (Å²) >= 11 is 8.01. The number of thiophene rings is 1. The number of H-pyrrole nitrogens is 1. The van der Waals surface area contributed by atoms with Crippen LogP contribution in [0.25, 0.3) is 33.3 Å². The molecule has 0 saturated heterocycles. The fourth-order valence-corrected chi connectivity index (χ4v) is 4.25. The van der Waals surface area contributed by atoms with E-state index in [1.54, 1.807) is 23.5 Å². The van der Waals surface area contributed by atoms with Gasteiger partial charge in [-0.1, -0.05) is 23.7 Å². The first-order valence-corrected chi connectivity index (χ1v) is 8.96. The zero-order chi connectivity index (χ0) is 16.8. The molecule has 0 aliphatic rings. The molecule has 0 radical (unpaired) electrons. The predicted octanol–water partition coefficient (Wildman–Crippen LogP) is 6.54. The predicted molar refractivity (Wildman–Crippen MR) is 103 cm³/mol. The van der Waals surface area contributed by atoms with Crippen molar-refractivity contribution < 1.29 is 5.11 Å². The van der Waals surface area contributed by atoms with Gasteiger partial charge in [0.2, 0.25) is 0 Å². The minimum Gasteiger partial charge on any atom is -0.508 e. The topological polar surface area (TPSA) is 36.0 Å². The second-order valence-corrected chi connectivity index (χ2v) is 7.48. The molecular formula is C20H16ClNOS. The highest BCUT2D eigenvalue weighted by Gasteiger charge is 2.19. The van der Waals surface area contributed by atoms with E-state index in [-0.39, 0.29) is 5.75 Å². The Morgan fingerprint density at radius 2 is 1.75 bits per heavy atom. The second kappa shape index (κ2) is 5.69. The highest BCUT2D eigenvalue weighted by Crippen LogP contribution is 2.43. The normalized spacial score (nSPS) is 11.3. The summed E-state index contributed by atoms with van der Waals surface area (Å²) in [6.45, 7) is 4.28. The van der Waals surface area contributed by atoms with Crippen LogP contribution in [0.1, 0.15) is 10.4 Å². The molecule has 24 heavy (non-hydrogen) atoms. The Balaban J connectivity index is 2.10. The number of hydrogen-bond acceptors (Lipinski definition) is 2. The molecule has 2 N–H and O–H groups in total. The minimum absolute atomic E-state index is 0.265. The molecule has 4 rings (SSSR count). The van der Waals surface area contributed by atoms with Crippen LogP contribution in [0, 0.1) is 13.8 Å². The van der Waals surface area contributed by atoms with Crippen molar-refractivity contribution in [1.82, 2.24) is 4.98 Å². The lowest BCUT2D eigenvalue weighted by atomic mass is 9.97. The number of aromatic hydroxyl groups is 1. The Kier molecular flexibility index (Phi) is 3.63. The van der Waals surface area contributed by atoms with Gasteiger partial charge >= 0.3 is 0 Å². The van der Waals surface area contributed by atoms with E-state index >= 15 is 0 Å². The van der Waals surface area contributed by atoms with Crippen molar-refractivity contribution in [2.24, 2.45) is 0 Å². The molecule has 0 aliphatic carbocycles. The minimum atomic E-state index is 0.265. The smallest absolute Gasteiger partial charge is 0.115 e. The Labute approximate surface area is 149 Å². The summed E-state index contributed by atoms with van der Waals surface area (Å²) in [7, 11) is 0. The fourth-order valence-electron chi connectivity index (χ4n) is 3.23. The molecule has 4 heteroatoms.